The summed E-state index contributed by atoms with van der Waals surface area (Å²) in [6.07, 6.45) is 11.6. The van der Waals surface area contributed by atoms with E-state index in [1.807, 2.05) is 6.26 Å². The van der Waals surface area contributed by atoms with Crippen LogP contribution in [-0.4, -0.2) is 13.1 Å². The third-order valence-electron chi connectivity index (χ3n) is 7.63. The van der Waals surface area contributed by atoms with Gasteiger partial charge < -0.3 is 9.15 Å². The van der Waals surface area contributed by atoms with Gasteiger partial charge in [0.15, 0.2) is 0 Å². The predicted octanol–water partition coefficient (Wildman–Crippen LogP) is 5.24. The highest BCUT2D eigenvalue weighted by atomic mass is 16.5. The van der Waals surface area contributed by atoms with Crippen LogP contribution >= 0.6 is 0 Å². The Morgan fingerprint density at radius 2 is 2.12 bits per heavy atom. The van der Waals surface area contributed by atoms with Gasteiger partial charge in [-0.1, -0.05) is 27.2 Å². The molecule has 1 aromatic heterocycles. The number of furan rings is 1. The maximum absolute atomic E-state index is 12.4. The molecule has 0 aliphatic heterocycles. The number of aryl methyl sites for hydroxylation is 1. The first-order valence-corrected chi connectivity index (χ1v) is 9.50. The summed E-state index contributed by atoms with van der Waals surface area (Å²) in [6, 6.07) is 2.08. The highest BCUT2D eigenvalue weighted by Crippen LogP contribution is 2.63. The molecule has 0 spiro atoms. The summed E-state index contributed by atoms with van der Waals surface area (Å²) >= 11 is 0. The lowest BCUT2D eigenvalue weighted by molar-refractivity contribution is -0.167. The minimum absolute atomic E-state index is 0.00828. The lowest BCUT2D eigenvalue weighted by Crippen LogP contribution is -2.54. The van der Waals surface area contributed by atoms with Crippen molar-refractivity contribution in [2.75, 3.05) is 7.11 Å². The second kappa shape index (κ2) is 6.57. The average molecular weight is 332 g/mol. The van der Waals surface area contributed by atoms with E-state index in [0.29, 0.717) is 11.8 Å². The van der Waals surface area contributed by atoms with Crippen LogP contribution in [0.25, 0.3) is 0 Å². The van der Waals surface area contributed by atoms with Gasteiger partial charge in [-0.25, -0.2) is 0 Å². The quantitative estimate of drug-likeness (QED) is 0.707. The molecule has 0 amide bonds. The van der Waals surface area contributed by atoms with E-state index in [0.717, 1.165) is 25.7 Å². The van der Waals surface area contributed by atoms with Crippen molar-refractivity contribution in [2.45, 2.75) is 65.7 Å². The van der Waals surface area contributed by atoms with Crippen LogP contribution in [0, 0.1) is 28.6 Å². The van der Waals surface area contributed by atoms with Crippen molar-refractivity contribution in [1.82, 2.24) is 0 Å². The van der Waals surface area contributed by atoms with Crippen LogP contribution in [0.4, 0.5) is 0 Å². The number of hydrogen-bond donors (Lipinski definition) is 0. The topological polar surface area (TPSA) is 39.4 Å². The lowest BCUT2D eigenvalue weighted by atomic mass is 9.44. The third-order valence-corrected chi connectivity index (χ3v) is 7.63. The van der Waals surface area contributed by atoms with Gasteiger partial charge in [0.2, 0.25) is 0 Å². The zero-order valence-corrected chi connectivity index (χ0v) is 15.6. The summed E-state index contributed by atoms with van der Waals surface area (Å²) in [5.41, 5.74) is 1.65. The zero-order valence-electron chi connectivity index (χ0n) is 15.6. The summed E-state index contributed by atoms with van der Waals surface area (Å²) in [4.78, 5) is 12.4. The number of rotatable bonds is 4. The van der Waals surface area contributed by atoms with E-state index in [4.69, 9.17) is 9.15 Å². The van der Waals surface area contributed by atoms with Crippen molar-refractivity contribution in [3.8, 4) is 0 Å². The van der Waals surface area contributed by atoms with Crippen LogP contribution in [0.5, 0.6) is 0 Å². The number of ether oxygens (including phenoxy) is 1. The van der Waals surface area contributed by atoms with Crippen LogP contribution in [0.1, 0.15) is 64.9 Å². The van der Waals surface area contributed by atoms with Crippen LogP contribution in [0.15, 0.2) is 23.0 Å². The lowest BCUT2D eigenvalue weighted by Gasteiger charge is -2.60. The van der Waals surface area contributed by atoms with E-state index in [-0.39, 0.29) is 22.7 Å². The van der Waals surface area contributed by atoms with Crippen molar-refractivity contribution in [3.63, 3.8) is 0 Å². The third kappa shape index (κ3) is 2.80. The van der Waals surface area contributed by atoms with Crippen LogP contribution in [0.3, 0.4) is 0 Å². The molecule has 3 rings (SSSR count). The molecule has 3 nitrogen and oxygen atoms in total. The Balaban J connectivity index is 1.86. The molecule has 2 aliphatic rings. The Morgan fingerprint density at radius 3 is 2.79 bits per heavy atom. The van der Waals surface area contributed by atoms with E-state index in [1.165, 1.54) is 24.8 Å². The van der Waals surface area contributed by atoms with Gasteiger partial charge in [0.1, 0.15) is 0 Å². The number of hydrogen-bond acceptors (Lipinski definition) is 3. The summed E-state index contributed by atoms with van der Waals surface area (Å²) in [7, 11) is 1.54. The second-order valence-electron chi connectivity index (χ2n) is 8.64. The second-order valence-corrected chi connectivity index (χ2v) is 8.64. The summed E-state index contributed by atoms with van der Waals surface area (Å²) in [5, 5.41) is 0. The molecule has 2 saturated carbocycles. The molecule has 3 heteroatoms. The molecule has 0 saturated heterocycles. The largest absolute Gasteiger partial charge is 0.472 e. The SMILES string of the molecule is COC(=O)C1CCCC2C(C)(CCc3ccoc3)C(C)CCC12C. The monoisotopic (exact) mass is 332 g/mol. The number of esters is 1. The Morgan fingerprint density at radius 1 is 1.33 bits per heavy atom. The fraction of sp³-hybridized carbons (Fsp3) is 0.762. The Kier molecular flexibility index (Phi) is 4.81. The van der Waals surface area contributed by atoms with Crippen molar-refractivity contribution in [3.05, 3.63) is 24.2 Å². The van der Waals surface area contributed by atoms with Gasteiger partial charge in [-0.05, 0) is 72.8 Å². The molecular formula is C21H32O3. The molecule has 0 radical (unpaired) electrons. The molecule has 0 bridgehead atoms. The maximum atomic E-state index is 12.4. The van der Waals surface area contributed by atoms with Crippen LogP contribution < -0.4 is 0 Å². The standard InChI is InChI=1S/C21H32O3/c1-15-8-11-21(3)17(19(22)23-4)6-5-7-18(21)20(15,2)12-9-16-10-13-24-14-16/h10,13-15,17-18H,5-9,11-12H2,1-4H3. The minimum atomic E-state index is 0.00828. The van der Waals surface area contributed by atoms with E-state index in [2.05, 4.69) is 26.8 Å². The highest BCUT2D eigenvalue weighted by molar-refractivity contribution is 5.73. The fourth-order valence-corrected chi connectivity index (χ4v) is 5.86. The molecule has 2 fully saturated rings. The molecule has 0 N–H and O–H groups in total. The molecular weight excluding hydrogens is 300 g/mol. The molecule has 134 valence electrons. The summed E-state index contributed by atoms with van der Waals surface area (Å²) in [5.74, 6) is 1.37. The number of carbonyl (C=O) groups is 1. The van der Waals surface area contributed by atoms with Gasteiger partial charge in [-0.15, -0.1) is 0 Å². The number of fused-ring (bicyclic) bond motifs is 1. The van der Waals surface area contributed by atoms with Gasteiger partial charge >= 0.3 is 5.97 Å². The van der Waals surface area contributed by atoms with Gasteiger partial charge in [-0.2, -0.15) is 0 Å². The molecule has 5 atom stereocenters. The van der Waals surface area contributed by atoms with Crippen molar-refractivity contribution in [2.24, 2.45) is 28.6 Å². The Labute approximate surface area is 146 Å². The molecule has 2 aliphatic carbocycles. The normalized spacial score (nSPS) is 39.2. The highest BCUT2D eigenvalue weighted by Gasteiger charge is 2.57. The van der Waals surface area contributed by atoms with Crippen LogP contribution in [0.2, 0.25) is 0 Å². The van der Waals surface area contributed by atoms with Gasteiger partial charge in [0, 0.05) is 0 Å². The van der Waals surface area contributed by atoms with Crippen molar-refractivity contribution >= 4 is 5.97 Å². The first-order valence-electron chi connectivity index (χ1n) is 9.50. The summed E-state index contributed by atoms with van der Waals surface area (Å²) < 4.78 is 10.4. The van der Waals surface area contributed by atoms with Gasteiger partial charge in [-0.3, -0.25) is 4.79 Å². The van der Waals surface area contributed by atoms with Crippen molar-refractivity contribution in [1.29, 1.82) is 0 Å². The molecule has 0 aromatic carbocycles. The van der Waals surface area contributed by atoms with Gasteiger partial charge in [0.25, 0.3) is 0 Å². The minimum Gasteiger partial charge on any atom is -0.472 e. The molecule has 1 aromatic rings. The van der Waals surface area contributed by atoms with E-state index in [1.54, 1.807) is 13.4 Å². The number of methoxy groups -OCH3 is 1. The van der Waals surface area contributed by atoms with Crippen LogP contribution in [-0.2, 0) is 16.0 Å². The number of carbonyl (C=O) groups excluding carboxylic acids is 1. The van der Waals surface area contributed by atoms with E-state index in [9.17, 15) is 4.79 Å². The average Bonchev–Trinajstić information content (AvgIpc) is 3.09. The predicted molar refractivity (Wildman–Crippen MR) is 94.5 cm³/mol. The van der Waals surface area contributed by atoms with E-state index >= 15 is 0 Å². The maximum Gasteiger partial charge on any atom is 0.309 e. The first-order chi connectivity index (χ1) is 11.4. The Bertz CT molecular complexity index is 564. The van der Waals surface area contributed by atoms with E-state index < -0.39 is 0 Å². The van der Waals surface area contributed by atoms with Crippen molar-refractivity contribution < 1.29 is 13.9 Å². The smallest absolute Gasteiger partial charge is 0.309 e. The van der Waals surface area contributed by atoms with Gasteiger partial charge in [0.05, 0.1) is 25.6 Å². The Hall–Kier alpha value is -1.25. The zero-order chi connectivity index (χ0) is 17.4. The molecule has 1 heterocycles. The summed E-state index contributed by atoms with van der Waals surface area (Å²) in [6.45, 7) is 7.25. The molecule has 24 heavy (non-hydrogen) atoms. The first kappa shape index (κ1) is 17.6. The molecule has 5 unspecified atom stereocenters. The fourth-order valence-electron chi connectivity index (χ4n) is 5.86.